The minimum atomic E-state index is -0.822. The van der Waals surface area contributed by atoms with Gasteiger partial charge in [0, 0.05) is 72.0 Å². The zero-order valence-electron chi connectivity index (χ0n) is 36.6. The van der Waals surface area contributed by atoms with Gasteiger partial charge in [0.2, 0.25) is 5.91 Å². The molecule has 8 atom stereocenters. The molecule has 1 heterocycles. The highest BCUT2D eigenvalue weighted by Gasteiger charge is 2.57. The topological polar surface area (TPSA) is 113 Å². The standard InChI is InChI=1S/C47H67N7O4/c1-29-33(18-15-19-38(29)34-22-35(24-37(23-34)51(6)7)44(56)48-21-20-32-16-13-12-14-17-32)28-54-43(45(57)50-40-26-36-25-39(30(40)2)47(36,4)5)42(31(3)55)41(58-54)27-49-46(52(8)9)53(10)11/h12-19,22-24,30-31,36,39-43,55H,20-21,25-28H2,1-11H3,(H,48,56)(H,50,57)/t30-,31-,36+,39-,40?,41-,42+,43-/m0/s1. The number of guanidine groups is 1. The second kappa shape index (κ2) is 17.8. The summed E-state index contributed by atoms with van der Waals surface area (Å²) in [5.74, 6) is 1.57. The third-order valence-electron chi connectivity index (χ3n) is 13.4. The highest BCUT2D eigenvalue weighted by atomic mass is 16.7. The van der Waals surface area contributed by atoms with Crippen molar-refractivity contribution in [1.82, 2.24) is 25.5 Å². The summed E-state index contributed by atoms with van der Waals surface area (Å²) in [5, 5.41) is 19.8. The Labute approximate surface area is 346 Å². The molecule has 1 saturated heterocycles. The molecule has 3 aromatic carbocycles. The summed E-state index contributed by atoms with van der Waals surface area (Å²) in [6.07, 6.45) is 1.60. The molecule has 2 bridgehead atoms. The summed E-state index contributed by atoms with van der Waals surface area (Å²) >= 11 is 0. The van der Waals surface area contributed by atoms with Gasteiger partial charge in [-0.3, -0.25) is 19.4 Å². The largest absolute Gasteiger partial charge is 0.393 e. The van der Waals surface area contributed by atoms with Crippen molar-refractivity contribution in [2.24, 2.45) is 34.1 Å². The molecule has 0 radical (unpaired) electrons. The minimum Gasteiger partial charge on any atom is -0.393 e. The van der Waals surface area contributed by atoms with Gasteiger partial charge in [-0.25, -0.2) is 0 Å². The first-order valence-electron chi connectivity index (χ1n) is 21.0. The van der Waals surface area contributed by atoms with Crippen molar-refractivity contribution in [2.75, 3.05) is 60.3 Å². The summed E-state index contributed by atoms with van der Waals surface area (Å²) in [7, 11) is 11.8. The van der Waals surface area contributed by atoms with Crippen LogP contribution in [-0.2, 0) is 22.6 Å². The van der Waals surface area contributed by atoms with Crippen molar-refractivity contribution in [1.29, 1.82) is 0 Å². The second-order valence-corrected chi connectivity index (χ2v) is 18.2. The number of benzene rings is 3. The Balaban J connectivity index is 1.29. The molecule has 1 unspecified atom stereocenters. The summed E-state index contributed by atoms with van der Waals surface area (Å²) in [5.41, 5.74) is 6.92. The predicted molar refractivity (Wildman–Crippen MR) is 234 cm³/mol. The average molecular weight is 794 g/mol. The molecule has 7 rings (SSSR count). The molecule has 0 aromatic heterocycles. The second-order valence-electron chi connectivity index (χ2n) is 18.2. The number of hydrogen-bond donors (Lipinski definition) is 3. The van der Waals surface area contributed by atoms with Crippen molar-refractivity contribution in [2.45, 2.75) is 84.7 Å². The third kappa shape index (κ3) is 9.06. The van der Waals surface area contributed by atoms with Crippen LogP contribution in [0.4, 0.5) is 5.69 Å². The van der Waals surface area contributed by atoms with Crippen LogP contribution < -0.4 is 15.5 Å². The average Bonchev–Trinajstić information content (AvgIpc) is 3.54. The molecule has 3 saturated carbocycles. The summed E-state index contributed by atoms with van der Waals surface area (Å²) in [6.45, 7) is 12.0. The quantitative estimate of drug-likeness (QED) is 0.146. The van der Waals surface area contributed by atoms with Crippen molar-refractivity contribution >= 4 is 23.5 Å². The first-order chi connectivity index (χ1) is 27.5. The number of fused-ring (bicyclic) bond motifs is 2. The molecule has 1 aliphatic heterocycles. The summed E-state index contributed by atoms with van der Waals surface area (Å²) in [4.78, 5) is 45.8. The van der Waals surface area contributed by atoms with E-state index < -0.39 is 24.2 Å². The first-order valence-corrected chi connectivity index (χ1v) is 21.0. The fraction of sp³-hybridized carbons (Fsp3) is 0.553. The molecule has 4 fully saturated rings. The van der Waals surface area contributed by atoms with E-state index in [9.17, 15) is 14.7 Å². The smallest absolute Gasteiger partial charge is 0.251 e. The van der Waals surface area contributed by atoms with E-state index in [4.69, 9.17) is 9.83 Å². The maximum absolute atomic E-state index is 14.7. The maximum atomic E-state index is 14.7. The summed E-state index contributed by atoms with van der Waals surface area (Å²) in [6, 6.07) is 21.7. The van der Waals surface area contributed by atoms with Gasteiger partial charge in [0.05, 0.1) is 19.2 Å². The van der Waals surface area contributed by atoms with Crippen molar-refractivity contribution in [3.63, 3.8) is 0 Å². The van der Waals surface area contributed by atoms with Gasteiger partial charge in [-0.2, -0.15) is 5.06 Å². The number of anilines is 1. The molecule has 2 amide bonds. The number of aliphatic hydroxyl groups excluding tert-OH is 1. The van der Waals surface area contributed by atoms with Crippen molar-refractivity contribution < 1.29 is 19.5 Å². The van der Waals surface area contributed by atoms with Gasteiger partial charge >= 0.3 is 0 Å². The number of carbonyl (C=O) groups excluding carboxylic acids is 2. The van der Waals surface area contributed by atoms with Crippen LogP contribution in [0.25, 0.3) is 11.1 Å². The zero-order chi connectivity index (χ0) is 42.1. The van der Waals surface area contributed by atoms with Crippen LogP contribution in [-0.4, -0.2) is 117 Å². The number of hydroxylamine groups is 2. The number of nitrogens with zero attached hydrogens (tertiary/aromatic N) is 5. The van der Waals surface area contributed by atoms with Gasteiger partial charge in [0.25, 0.3) is 5.91 Å². The van der Waals surface area contributed by atoms with E-state index in [2.05, 4.69) is 68.7 Å². The fourth-order valence-corrected chi connectivity index (χ4v) is 9.90. The Morgan fingerprint density at radius 2 is 1.69 bits per heavy atom. The normalized spacial score (nSPS) is 25.3. The van der Waals surface area contributed by atoms with Crippen LogP contribution >= 0.6 is 0 Å². The van der Waals surface area contributed by atoms with Gasteiger partial charge in [-0.1, -0.05) is 69.3 Å². The van der Waals surface area contributed by atoms with Gasteiger partial charge < -0.3 is 30.4 Å². The van der Waals surface area contributed by atoms with E-state index in [1.165, 1.54) is 12.0 Å². The summed E-state index contributed by atoms with van der Waals surface area (Å²) < 4.78 is 0. The first kappa shape index (κ1) is 43.1. The molecule has 3 aromatic rings. The van der Waals surface area contributed by atoms with E-state index in [0.29, 0.717) is 41.8 Å². The molecular formula is C47H67N7O4. The van der Waals surface area contributed by atoms with Crippen molar-refractivity contribution in [3.05, 3.63) is 89.0 Å². The van der Waals surface area contributed by atoms with Gasteiger partial charge in [-0.05, 0) is 102 Å². The van der Waals surface area contributed by atoms with E-state index in [1.807, 2.05) is 93.4 Å². The van der Waals surface area contributed by atoms with E-state index in [-0.39, 0.29) is 24.4 Å². The van der Waals surface area contributed by atoms with Crippen LogP contribution in [0.3, 0.4) is 0 Å². The van der Waals surface area contributed by atoms with Crippen molar-refractivity contribution in [3.8, 4) is 11.1 Å². The van der Waals surface area contributed by atoms with Crippen LogP contribution in [0.2, 0.25) is 0 Å². The zero-order valence-corrected chi connectivity index (χ0v) is 36.6. The molecule has 3 aliphatic carbocycles. The Morgan fingerprint density at radius 3 is 2.31 bits per heavy atom. The number of rotatable bonds is 13. The van der Waals surface area contributed by atoms with Gasteiger partial charge in [-0.15, -0.1) is 0 Å². The predicted octanol–water partition coefficient (Wildman–Crippen LogP) is 5.85. The van der Waals surface area contributed by atoms with Crippen LogP contribution in [0.5, 0.6) is 0 Å². The molecule has 58 heavy (non-hydrogen) atoms. The van der Waals surface area contributed by atoms with E-state index >= 15 is 0 Å². The number of aliphatic hydroxyl groups is 1. The van der Waals surface area contributed by atoms with Gasteiger partial charge in [0.15, 0.2) is 5.96 Å². The lowest BCUT2D eigenvalue weighted by atomic mass is 9.45. The third-order valence-corrected chi connectivity index (χ3v) is 13.4. The Morgan fingerprint density at radius 1 is 0.983 bits per heavy atom. The number of carbonyl (C=O) groups is 2. The number of amides is 2. The Bertz CT molecular complexity index is 1930. The highest BCUT2D eigenvalue weighted by Crippen LogP contribution is 2.61. The maximum Gasteiger partial charge on any atom is 0.251 e. The monoisotopic (exact) mass is 794 g/mol. The SMILES string of the molecule is Cc1c(CN2O[C@@H](CN=C(N(C)C)N(C)C)[C@@H]([C@H](C)O)[C@H]2C(=O)NC2C[C@H]3C[C@@H]([C@@H]2C)C3(C)C)cccc1-c1cc(C(=O)NCCc2ccccc2)cc(N(C)C)c1. The lowest BCUT2D eigenvalue weighted by Crippen LogP contribution is -2.62. The molecular weight excluding hydrogens is 727 g/mol. The molecule has 4 aliphatic rings. The van der Waals surface area contributed by atoms with E-state index in [0.717, 1.165) is 46.7 Å². The molecule has 3 N–H and O–H groups in total. The van der Waals surface area contributed by atoms with Gasteiger partial charge in [0.1, 0.15) is 12.1 Å². The fourth-order valence-electron chi connectivity index (χ4n) is 9.90. The Kier molecular flexibility index (Phi) is 13.2. The van der Waals surface area contributed by atoms with E-state index in [1.54, 1.807) is 12.0 Å². The van der Waals surface area contributed by atoms with Crippen LogP contribution in [0, 0.1) is 36.0 Å². The number of hydrogen-bond acceptors (Lipinski definition) is 7. The number of nitrogens with one attached hydrogen (secondary N) is 2. The molecule has 314 valence electrons. The molecule has 0 spiro atoms. The molecule has 11 heteroatoms. The lowest BCUT2D eigenvalue weighted by molar-refractivity contribution is -0.175. The van der Waals surface area contributed by atoms with Crippen LogP contribution in [0.15, 0.2) is 71.7 Å². The number of aliphatic imine (C=N–C) groups is 1. The van der Waals surface area contributed by atoms with Crippen LogP contribution in [0.1, 0.15) is 67.6 Å². The minimum absolute atomic E-state index is 0.0747. The molecule has 11 nitrogen and oxygen atoms in total. The lowest BCUT2D eigenvalue weighted by Gasteiger charge is -2.62. The Hall–Kier alpha value is -4.45. The highest BCUT2D eigenvalue weighted by molar-refractivity contribution is 5.97.